The highest BCUT2D eigenvalue weighted by molar-refractivity contribution is 5.85. The molecule has 0 saturated carbocycles. The van der Waals surface area contributed by atoms with Gasteiger partial charge in [0.25, 0.3) is 0 Å². The Kier molecular flexibility index (Phi) is 2.57. The summed E-state index contributed by atoms with van der Waals surface area (Å²) >= 11 is 0. The molecule has 1 aliphatic heterocycles. The lowest BCUT2D eigenvalue weighted by Gasteiger charge is -2.37. The van der Waals surface area contributed by atoms with Crippen LogP contribution < -0.4 is 0 Å². The molecule has 2 heteroatoms. The Morgan fingerprint density at radius 1 is 1.50 bits per heavy atom. The van der Waals surface area contributed by atoms with E-state index in [-0.39, 0.29) is 11.5 Å². The number of Topliss-reactive ketones (excluding diaryl/α,β-unsaturated/α-hetero) is 1. The monoisotopic (exact) mass is 169 g/mol. The van der Waals surface area contributed by atoms with Crippen LogP contribution in [-0.4, -0.2) is 30.3 Å². The number of carbonyl (C=O) groups excluding carboxylic acids is 1. The molecule has 1 unspecified atom stereocenters. The maximum absolute atomic E-state index is 11.6. The zero-order valence-electron chi connectivity index (χ0n) is 8.55. The second kappa shape index (κ2) is 3.17. The zero-order chi connectivity index (χ0) is 9.35. The molecule has 1 saturated heterocycles. The van der Waals surface area contributed by atoms with Crippen LogP contribution >= 0.6 is 0 Å². The summed E-state index contributed by atoms with van der Waals surface area (Å²) in [6, 6.07) is 0.226. The van der Waals surface area contributed by atoms with Crippen LogP contribution in [0.4, 0.5) is 0 Å². The van der Waals surface area contributed by atoms with E-state index < -0.39 is 0 Å². The summed E-state index contributed by atoms with van der Waals surface area (Å²) in [5.41, 5.74) is 0.146. The van der Waals surface area contributed by atoms with E-state index in [4.69, 9.17) is 0 Å². The minimum absolute atomic E-state index is 0.146. The van der Waals surface area contributed by atoms with Crippen molar-refractivity contribution in [2.45, 2.75) is 39.7 Å². The third kappa shape index (κ3) is 2.31. The molecule has 1 aliphatic rings. The molecule has 0 spiro atoms. The summed E-state index contributed by atoms with van der Waals surface area (Å²) in [4.78, 5) is 13.7. The fourth-order valence-electron chi connectivity index (χ4n) is 1.56. The Bertz CT molecular complexity index is 181. The van der Waals surface area contributed by atoms with Crippen molar-refractivity contribution < 1.29 is 4.79 Å². The van der Waals surface area contributed by atoms with Gasteiger partial charge >= 0.3 is 0 Å². The Morgan fingerprint density at radius 2 is 2.08 bits per heavy atom. The number of ketones is 1. The molecule has 0 amide bonds. The number of rotatable bonds is 2. The largest absolute Gasteiger partial charge is 0.298 e. The van der Waals surface area contributed by atoms with Gasteiger partial charge in [-0.05, 0) is 18.9 Å². The van der Waals surface area contributed by atoms with Gasteiger partial charge in [-0.15, -0.1) is 0 Å². The molecule has 0 radical (unpaired) electrons. The first kappa shape index (κ1) is 9.72. The fourth-order valence-corrected chi connectivity index (χ4v) is 1.56. The van der Waals surface area contributed by atoms with E-state index in [0.29, 0.717) is 12.2 Å². The van der Waals surface area contributed by atoms with Crippen LogP contribution in [0.25, 0.3) is 0 Å². The molecular formula is C10H19NO. The predicted octanol–water partition coefficient (Wildman–Crippen LogP) is 1.70. The molecule has 12 heavy (non-hydrogen) atoms. The van der Waals surface area contributed by atoms with Crippen molar-refractivity contribution in [3.63, 3.8) is 0 Å². The van der Waals surface area contributed by atoms with Crippen molar-refractivity contribution in [3.8, 4) is 0 Å². The molecule has 0 N–H and O–H groups in total. The van der Waals surface area contributed by atoms with Gasteiger partial charge in [0.2, 0.25) is 0 Å². The highest BCUT2D eigenvalue weighted by Gasteiger charge is 2.32. The number of hydrogen-bond donors (Lipinski definition) is 0. The first-order chi connectivity index (χ1) is 5.40. The van der Waals surface area contributed by atoms with Gasteiger partial charge in [0.1, 0.15) is 0 Å². The van der Waals surface area contributed by atoms with Gasteiger partial charge in [-0.1, -0.05) is 20.8 Å². The summed E-state index contributed by atoms with van der Waals surface area (Å²) in [5.74, 6) is 0.413. The smallest absolute Gasteiger partial charge is 0.150 e. The minimum Gasteiger partial charge on any atom is -0.298 e. The summed E-state index contributed by atoms with van der Waals surface area (Å²) in [7, 11) is 2.02. The second-order valence-electron chi connectivity index (χ2n) is 4.99. The summed E-state index contributed by atoms with van der Waals surface area (Å²) in [5, 5.41) is 0. The van der Waals surface area contributed by atoms with Crippen molar-refractivity contribution in [2.24, 2.45) is 5.41 Å². The van der Waals surface area contributed by atoms with Crippen LogP contribution in [0.1, 0.15) is 33.6 Å². The molecule has 1 heterocycles. The number of likely N-dealkylation sites (N-methyl/N-ethyl adjacent to an activating group) is 1. The van der Waals surface area contributed by atoms with Crippen molar-refractivity contribution in [1.82, 2.24) is 4.90 Å². The Hall–Kier alpha value is -0.370. The summed E-state index contributed by atoms with van der Waals surface area (Å²) < 4.78 is 0. The third-order valence-electron chi connectivity index (χ3n) is 2.36. The van der Waals surface area contributed by atoms with Crippen LogP contribution in [0, 0.1) is 5.41 Å². The van der Waals surface area contributed by atoms with Crippen molar-refractivity contribution in [2.75, 3.05) is 13.6 Å². The molecule has 0 aromatic carbocycles. The number of nitrogens with zero attached hydrogens (tertiary/aromatic N) is 1. The SMILES string of the molecule is CN1CCC1C(=O)CC(C)(C)C. The summed E-state index contributed by atoms with van der Waals surface area (Å²) in [6.07, 6.45) is 1.77. The standard InChI is InChI=1S/C10H19NO/c1-10(2,3)7-9(12)8-5-6-11(8)4/h8H,5-7H2,1-4H3. The van der Waals surface area contributed by atoms with Gasteiger partial charge in [-0.25, -0.2) is 0 Å². The quantitative estimate of drug-likeness (QED) is 0.627. The van der Waals surface area contributed by atoms with Gasteiger partial charge in [-0.3, -0.25) is 9.69 Å². The molecule has 1 rings (SSSR count). The molecule has 1 atom stereocenters. The van der Waals surface area contributed by atoms with E-state index in [1.54, 1.807) is 0 Å². The zero-order valence-corrected chi connectivity index (χ0v) is 8.55. The lowest BCUT2D eigenvalue weighted by atomic mass is 9.85. The number of carbonyl (C=O) groups is 1. The van der Waals surface area contributed by atoms with Crippen LogP contribution in [0.5, 0.6) is 0 Å². The molecule has 70 valence electrons. The predicted molar refractivity (Wildman–Crippen MR) is 50.1 cm³/mol. The van der Waals surface area contributed by atoms with Crippen LogP contribution in [0.3, 0.4) is 0 Å². The Balaban J connectivity index is 2.39. The van der Waals surface area contributed by atoms with Crippen molar-refractivity contribution >= 4 is 5.78 Å². The maximum Gasteiger partial charge on any atom is 0.150 e. The number of hydrogen-bond acceptors (Lipinski definition) is 2. The molecule has 1 fully saturated rings. The Morgan fingerprint density at radius 3 is 2.33 bits per heavy atom. The minimum atomic E-state index is 0.146. The topological polar surface area (TPSA) is 20.3 Å². The van der Waals surface area contributed by atoms with Crippen molar-refractivity contribution in [3.05, 3.63) is 0 Å². The molecule has 0 bridgehead atoms. The molecule has 2 nitrogen and oxygen atoms in total. The van der Waals surface area contributed by atoms with E-state index >= 15 is 0 Å². The molecule has 0 aliphatic carbocycles. The van der Waals surface area contributed by atoms with Gasteiger partial charge < -0.3 is 0 Å². The highest BCUT2D eigenvalue weighted by atomic mass is 16.1. The highest BCUT2D eigenvalue weighted by Crippen LogP contribution is 2.24. The van der Waals surface area contributed by atoms with Crippen LogP contribution in [-0.2, 0) is 4.79 Å². The molecular weight excluding hydrogens is 150 g/mol. The van der Waals surface area contributed by atoms with E-state index in [0.717, 1.165) is 13.0 Å². The first-order valence-electron chi connectivity index (χ1n) is 4.63. The Labute approximate surface area is 74.9 Å². The maximum atomic E-state index is 11.6. The first-order valence-corrected chi connectivity index (χ1v) is 4.63. The van der Waals surface area contributed by atoms with Gasteiger partial charge in [0.05, 0.1) is 6.04 Å². The fraction of sp³-hybridized carbons (Fsp3) is 0.900. The van der Waals surface area contributed by atoms with E-state index in [1.165, 1.54) is 0 Å². The third-order valence-corrected chi connectivity index (χ3v) is 2.36. The number of likely N-dealkylation sites (tertiary alicyclic amines) is 1. The average molecular weight is 169 g/mol. The van der Waals surface area contributed by atoms with Crippen molar-refractivity contribution in [1.29, 1.82) is 0 Å². The van der Waals surface area contributed by atoms with E-state index in [2.05, 4.69) is 25.7 Å². The van der Waals surface area contributed by atoms with Crippen LogP contribution in [0.15, 0.2) is 0 Å². The van der Waals surface area contributed by atoms with E-state index in [9.17, 15) is 4.79 Å². The van der Waals surface area contributed by atoms with Gasteiger partial charge in [0, 0.05) is 13.0 Å². The molecule has 0 aromatic heterocycles. The van der Waals surface area contributed by atoms with Gasteiger partial charge in [0.15, 0.2) is 5.78 Å². The van der Waals surface area contributed by atoms with Gasteiger partial charge in [-0.2, -0.15) is 0 Å². The average Bonchev–Trinajstić information content (AvgIpc) is 1.79. The second-order valence-corrected chi connectivity index (χ2v) is 4.99. The summed E-state index contributed by atoms with van der Waals surface area (Å²) in [6.45, 7) is 7.43. The lowest BCUT2D eigenvalue weighted by molar-refractivity contribution is -0.129. The lowest BCUT2D eigenvalue weighted by Crippen LogP contribution is -2.50. The molecule has 0 aromatic rings. The normalized spacial score (nSPS) is 25.2. The van der Waals surface area contributed by atoms with Crippen LogP contribution in [0.2, 0.25) is 0 Å². The van der Waals surface area contributed by atoms with E-state index in [1.807, 2.05) is 7.05 Å².